The van der Waals surface area contributed by atoms with Gasteiger partial charge in [0.25, 0.3) is 0 Å². The third-order valence-electron chi connectivity index (χ3n) is 2.88. The number of carbonyl (C=O) groups is 1. The molecule has 0 bridgehead atoms. The van der Waals surface area contributed by atoms with E-state index in [0.29, 0.717) is 0 Å². The number of rotatable bonds is 2. The van der Waals surface area contributed by atoms with Crippen LogP contribution < -0.4 is 0 Å². The Morgan fingerprint density at radius 1 is 1.75 bits per heavy atom. The van der Waals surface area contributed by atoms with Crippen LogP contribution in [0.15, 0.2) is 11.6 Å². The van der Waals surface area contributed by atoms with E-state index >= 15 is 0 Å². The molecule has 0 aromatic carbocycles. The lowest BCUT2D eigenvalue weighted by Gasteiger charge is -2.46. The lowest BCUT2D eigenvalue weighted by molar-refractivity contribution is -0.112. The molecule has 1 saturated carbocycles. The van der Waals surface area contributed by atoms with Gasteiger partial charge >= 0.3 is 0 Å². The van der Waals surface area contributed by atoms with Gasteiger partial charge in [0.1, 0.15) is 0 Å². The van der Waals surface area contributed by atoms with Gasteiger partial charge in [0.05, 0.1) is 0 Å². The number of hydrogen-bond acceptors (Lipinski definition) is 1. The van der Waals surface area contributed by atoms with Gasteiger partial charge in [0, 0.05) is 4.43 Å². The molecule has 1 unspecified atom stereocenters. The zero-order valence-electron chi connectivity index (χ0n) is 7.86. The van der Waals surface area contributed by atoms with E-state index in [1.807, 2.05) is 6.08 Å². The van der Waals surface area contributed by atoms with Crippen molar-refractivity contribution in [3.8, 4) is 0 Å². The first-order chi connectivity index (χ1) is 5.48. The summed E-state index contributed by atoms with van der Waals surface area (Å²) in [5, 5.41) is 0. The van der Waals surface area contributed by atoms with E-state index in [1.54, 1.807) is 6.92 Å². The molecule has 0 saturated heterocycles. The molecule has 0 amide bonds. The Labute approximate surface area is 87.8 Å². The van der Waals surface area contributed by atoms with Crippen molar-refractivity contribution in [2.24, 2.45) is 11.3 Å². The third-order valence-corrected chi connectivity index (χ3v) is 3.94. The van der Waals surface area contributed by atoms with Gasteiger partial charge in [-0.1, -0.05) is 42.0 Å². The molecule has 1 rings (SSSR count). The third kappa shape index (κ3) is 1.73. The first-order valence-electron chi connectivity index (χ1n) is 4.26. The van der Waals surface area contributed by atoms with E-state index in [2.05, 4.69) is 36.4 Å². The Kier molecular flexibility index (Phi) is 2.97. The van der Waals surface area contributed by atoms with Crippen molar-refractivity contribution in [1.29, 1.82) is 0 Å². The number of ketones is 1. The average Bonchev–Trinajstić information content (AvgIpc) is 1.96. The topological polar surface area (TPSA) is 17.1 Å². The van der Waals surface area contributed by atoms with E-state index in [9.17, 15) is 4.79 Å². The van der Waals surface area contributed by atoms with E-state index in [0.717, 1.165) is 12.3 Å². The Morgan fingerprint density at radius 2 is 2.33 bits per heavy atom. The Balaban J connectivity index is 2.71. The van der Waals surface area contributed by atoms with Gasteiger partial charge in [-0.3, -0.25) is 4.79 Å². The van der Waals surface area contributed by atoms with Crippen molar-refractivity contribution in [2.45, 2.75) is 27.2 Å². The summed E-state index contributed by atoms with van der Waals surface area (Å²) < 4.78 is 1.19. The van der Waals surface area contributed by atoms with Crippen LogP contribution in [0, 0.1) is 11.3 Å². The van der Waals surface area contributed by atoms with Crippen molar-refractivity contribution in [3.05, 3.63) is 11.6 Å². The molecule has 1 aliphatic rings. The largest absolute Gasteiger partial charge is 0.295 e. The predicted molar refractivity (Wildman–Crippen MR) is 59.5 cm³/mol. The lowest BCUT2D eigenvalue weighted by Crippen LogP contribution is -2.39. The van der Waals surface area contributed by atoms with Crippen molar-refractivity contribution in [3.63, 3.8) is 0 Å². The summed E-state index contributed by atoms with van der Waals surface area (Å²) in [4.78, 5) is 10.9. The minimum atomic E-state index is 0.185. The van der Waals surface area contributed by atoms with Gasteiger partial charge in [0.2, 0.25) is 0 Å². The highest BCUT2D eigenvalue weighted by molar-refractivity contribution is 14.1. The van der Waals surface area contributed by atoms with Gasteiger partial charge in [-0.25, -0.2) is 0 Å². The van der Waals surface area contributed by atoms with Crippen LogP contribution in [0.4, 0.5) is 0 Å². The second kappa shape index (κ2) is 3.48. The molecule has 12 heavy (non-hydrogen) atoms. The Bertz CT molecular complexity index is 228. The fourth-order valence-electron chi connectivity index (χ4n) is 1.65. The van der Waals surface area contributed by atoms with E-state index in [-0.39, 0.29) is 11.2 Å². The van der Waals surface area contributed by atoms with Gasteiger partial charge in [-0.05, 0) is 30.8 Å². The summed E-state index contributed by atoms with van der Waals surface area (Å²) in [7, 11) is 0. The molecule has 0 N–H and O–H groups in total. The first kappa shape index (κ1) is 10.2. The highest BCUT2D eigenvalue weighted by Gasteiger charge is 2.42. The van der Waals surface area contributed by atoms with Gasteiger partial charge in [-0.15, -0.1) is 0 Å². The Morgan fingerprint density at radius 3 is 2.67 bits per heavy atom. The zero-order valence-corrected chi connectivity index (χ0v) is 10.0. The fraction of sp³-hybridized carbons (Fsp3) is 0.700. The quantitative estimate of drug-likeness (QED) is 0.431. The summed E-state index contributed by atoms with van der Waals surface area (Å²) in [5.74, 6) is 0.952. The van der Waals surface area contributed by atoms with Crippen molar-refractivity contribution in [2.75, 3.05) is 4.43 Å². The summed E-state index contributed by atoms with van der Waals surface area (Å²) in [5.41, 5.74) is 1.60. The SMILES string of the molecule is CC(=O)C=C1CC(CI)C1(C)C. The fourth-order valence-corrected chi connectivity index (χ4v) is 3.06. The maximum atomic E-state index is 10.9. The number of allylic oxidation sites excluding steroid dienone is 2. The van der Waals surface area contributed by atoms with Crippen LogP contribution in [0.25, 0.3) is 0 Å². The van der Waals surface area contributed by atoms with Crippen molar-refractivity contribution in [1.82, 2.24) is 0 Å². The van der Waals surface area contributed by atoms with Crippen molar-refractivity contribution >= 4 is 28.4 Å². The first-order valence-corrected chi connectivity index (χ1v) is 5.78. The van der Waals surface area contributed by atoms with Gasteiger partial charge < -0.3 is 0 Å². The van der Waals surface area contributed by atoms with Crippen LogP contribution in [0.2, 0.25) is 0 Å². The van der Waals surface area contributed by atoms with E-state index in [1.165, 1.54) is 10.0 Å². The van der Waals surface area contributed by atoms with Crippen LogP contribution in [0.1, 0.15) is 27.2 Å². The van der Waals surface area contributed by atoms with Gasteiger partial charge in [-0.2, -0.15) is 0 Å². The molecule has 0 radical (unpaired) electrons. The van der Waals surface area contributed by atoms with Crippen molar-refractivity contribution < 1.29 is 4.79 Å². The number of hydrogen-bond donors (Lipinski definition) is 0. The monoisotopic (exact) mass is 278 g/mol. The maximum Gasteiger partial charge on any atom is 0.152 e. The summed E-state index contributed by atoms with van der Waals surface area (Å²) >= 11 is 2.42. The maximum absolute atomic E-state index is 10.9. The molecule has 0 spiro atoms. The molecule has 1 atom stereocenters. The molecule has 2 heteroatoms. The average molecular weight is 278 g/mol. The highest BCUT2D eigenvalue weighted by atomic mass is 127. The van der Waals surface area contributed by atoms with Crippen LogP contribution >= 0.6 is 22.6 Å². The molecule has 0 heterocycles. The van der Waals surface area contributed by atoms with E-state index in [4.69, 9.17) is 0 Å². The molecular formula is C10H15IO. The molecular weight excluding hydrogens is 263 g/mol. The standard InChI is InChI=1S/C10H15IO/c1-7(12)4-8-5-9(6-11)10(8,2)3/h4,9H,5-6H2,1-3H3. The van der Waals surface area contributed by atoms with Crippen LogP contribution in [-0.4, -0.2) is 10.2 Å². The van der Waals surface area contributed by atoms with Gasteiger partial charge in [0.15, 0.2) is 5.78 Å². The summed E-state index contributed by atoms with van der Waals surface area (Å²) in [6, 6.07) is 0. The normalized spacial score (nSPS) is 30.0. The van der Waals surface area contributed by atoms with E-state index < -0.39 is 0 Å². The lowest BCUT2D eigenvalue weighted by atomic mass is 9.59. The molecule has 1 nitrogen and oxygen atoms in total. The molecule has 0 aromatic rings. The minimum absolute atomic E-state index is 0.185. The molecule has 1 aliphatic carbocycles. The number of halogens is 1. The second-order valence-corrected chi connectivity index (χ2v) is 4.94. The molecule has 68 valence electrons. The molecule has 0 aliphatic heterocycles. The number of alkyl halides is 1. The summed E-state index contributed by atoms with van der Waals surface area (Å²) in [6.07, 6.45) is 2.93. The van der Waals surface area contributed by atoms with Crippen LogP contribution in [0.5, 0.6) is 0 Å². The second-order valence-electron chi connectivity index (χ2n) is 4.06. The molecule has 0 aromatic heterocycles. The minimum Gasteiger partial charge on any atom is -0.295 e. The summed E-state index contributed by atoms with van der Waals surface area (Å²) in [6.45, 7) is 6.09. The van der Waals surface area contributed by atoms with Crippen LogP contribution in [-0.2, 0) is 4.79 Å². The molecule has 1 fully saturated rings. The van der Waals surface area contributed by atoms with Crippen LogP contribution in [0.3, 0.4) is 0 Å². The smallest absolute Gasteiger partial charge is 0.152 e. The number of carbonyl (C=O) groups excluding carboxylic acids is 1. The zero-order chi connectivity index (χ0) is 9.35. The Hall–Kier alpha value is 0.140. The predicted octanol–water partition coefficient (Wildman–Crippen LogP) is 2.98. The highest BCUT2D eigenvalue weighted by Crippen LogP contribution is 2.51.